The number of hydrogen-bond acceptors (Lipinski definition) is 5. The monoisotopic (exact) mass is 472 g/mol. The van der Waals surface area contributed by atoms with Crippen molar-refractivity contribution in [2.75, 3.05) is 11.9 Å². The molecule has 0 atom stereocenters. The van der Waals surface area contributed by atoms with Crippen LogP contribution in [-0.2, 0) is 4.79 Å². The SMILES string of the molecule is CC.CCC(C)(C)Nc1ccnc(-c2c[nH]c3ncc(Cl)cc23)n1.O=CNCC(F)(F)F. The highest BCUT2D eigenvalue weighted by Gasteiger charge is 2.25. The molecule has 1 amide bonds. The molecule has 3 aromatic rings. The van der Waals surface area contributed by atoms with Gasteiger partial charge in [0.2, 0.25) is 6.41 Å². The van der Waals surface area contributed by atoms with E-state index >= 15 is 0 Å². The number of carbonyl (C=O) groups excluding carboxylic acids is 1. The van der Waals surface area contributed by atoms with Gasteiger partial charge in [0.1, 0.15) is 18.0 Å². The van der Waals surface area contributed by atoms with Crippen molar-refractivity contribution >= 4 is 34.9 Å². The van der Waals surface area contributed by atoms with Crippen LogP contribution in [0.5, 0.6) is 0 Å². The molecule has 0 aliphatic carbocycles. The Hall–Kier alpha value is -2.88. The van der Waals surface area contributed by atoms with Crippen LogP contribution in [-0.4, -0.2) is 44.6 Å². The summed E-state index contributed by atoms with van der Waals surface area (Å²) in [6.07, 6.45) is 1.95. The summed E-state index contributed by atoms with van der Waals surface area (Å²) in [6, 6.07) is 3.75. The lowest BCUT2D eigenvalue weighted by molar-refractivity contribution is -0.132. The highest BCUT2D eigenvalue weighted by molar-refractivity contribution is 6.31. The number of carbonyl (C=O) groups is 1. The van der Waals surface area contributed by atoms with Crippen LogP contribution < -0.4 is 10.6 Å². The van der Waals surface area contributed by atoms with Gasteiger partial charge in [-0.2, -0.15) is 13.2 Å². The number of pyridine rings is 1. The van der Waals surface area contributed by atoms with Gasteiger partial charge in [-0.1, -0.05) is 32.4 Å². The fourth-order valence-corrected chi connectivity index (χ4v) is 2.47. The van der Waals surface area contributed by atoms with E-state index in [1.54, 1.807) is 12.4 Å². The highest BCUT2D eigenvalue weighted by Crippen LogP contribution is 2.28. The number of nitrogens with one attached hydrogen (secondary N) is 3. The first kappa shape index (κ1) is 27.2. The van der Waals surface area contributed by atoms with E-state index in [0.717, 1.165) is 28.8 Å². The Morgan fingerprint density at radius 1 is 1.22 bits per heavy atom. The Bertz CT molecular complexity index is 991. The number of H-pyrrole nitrogens is 1. The van der Waals surface area contributed by atoms with Crippen molar-refractivity contribution in [3.05, 3.63) is 35.7 Å². The first-order chi connectivity index (χ1) is 15.0. The zero-order valence-electron chi connectivity index (χ0n) is 18.6. The summed E-state index contributed by atoms with van der Waals surface area (Å²) < 4.78 is 33.1. The molecule has 0 saturated heterocycles. The van der Waals surface area contributed by atoms with E-state index in [2.05, 4.69) is 46.0 Å². The second-order valence-corrected chi connectivity index (χ2v) is 7.43. The third-order valence-corrected chi connectivity index (χ3v) is 4.34. The van der Waals surface area contributed by atoms with E-state index < -0.39 is 12.7 Å². The van der Waals surface area contributed by atoms with Gasteiger partial charge in [0.25, 0.3) is 0 Å². The van der Waals surface area contributed by atoms with Crippen molar-refractivity contribution < 1.29 is 18.0 Å². The van der Waals surface area contributed by atoms with Crippen LogP contribution in [0.4, 0.5) is 19.0 Å². The molecule has 3 aromatic heterocycles. The molecule has 0 unspecified atom stereocenters. The van der Waals surface area contributed by atoms with Gasteiger partial charge < -0.3 is 15.6 Å². The molecule has 0 aliphatic rings. The molecule has 3 heterocycles. The topological polar surface area (TPSA) is 95.6 Å². The number of fused-ring (bicyclic) bond motifs is 1. The number of aromatic amines is 1. The highest BCUT2D eigenvalue weighted by atomic mass is 35.5. The fraction of sp³-hybridized carbons (Fsp3) is 0.429. The van der Waals surface area contributed by atoms with Crippen molar-refractivity contribution in [1.82, 2.24) is 25.3 Å². The standard InChI is InChI=1S/C16H18ClN5.C3H4F3NO.C2H6/c1-4-16(2,3)22-13-5-6-18-15(21-13)12-9-20-14-11(12)7-10(17)8-19-14;4-3(5,6)1-7-2-8;1-2/h5-9H,4H2,1-3H3,(H,19,20)(H,18,21,22);2H,1H2,(H,7,8);1-2H3. The predicted octanol–water partition coefficient (Wildman–Crippen LogP) is 5.59. The second-order valence-electron chi connectivity index (χ2n) is 6.99. The van der Waals surface area contributed by atoms with Gasteiger partial charge in [0.15, 0.2) is 5.82 Å². The number of rotatable bonds is 6. The van der Waals surface area contributed by atoms with E-state index in [1.807, 2.05) is 32.2 Å². The van der Waals surface area contributed by atoms with E-state index in [-0.39, 0.29) is 11.9 Å². The molecule has 11 heteroatoms. The van der Waals surface area contributed by atoms with Crippen LogP contribution in [0, 0.1) is 0 Å². The van der Waals surface area contributed by atoms with Gasteiger partial charge in [-0.15, -0.1) is 0 Å². The molecular weight excluding hydrogens is 445 g/mol. The number of hydrogen-bond donors (Lipinski definition) is 3. The van der Waals surface area contributed by atoms with Gasteiger partial charge in [0, 0.05) is 35.1 Å². The summed E-state index contributed by atoms with van der Waals surface area (Å²) in [5.74, 6) is 1.45. The predicted molar refractivity (Wildman–Crippen MR) is 122 cm³/mol. The van der Waals surface area contributed by atoms with E-state index in [9.17, 15) is 18.0 Å². The zero-order chi connectivity index (χ0) is 24.4. The van der Waals surface area contributed by atoms with Crippen LogP contribution in [0.2, 0.25) is 5.02 Å². The number of nitrogens with zero attached hydrogens (tertiary/aromatic N) is 3. The lowest BCUT2D eigenvalue weighted by atomic mass is 10.0. The lowest BCUT2D eigenvalue weighted by Gasteiger charge is -2.25. The number of alkyl halides is 3. The van der Waals surface area contributed by atoms with Crippen molar-refractivity contribution in [2.24, 2.45) is 0 Å². The maximum Gasteiger partial charge on any atom is 0.405 e. The average Bonchev–Trinajstić information content (AvgIpc) is 3.16. The molecule has 7 nitrogen and oxygen atoms in total. The van der Waals surface area contributed by atoms with Crippen molar-refractivity contribution in [1.29, 1.82) is 0 Å². The number of halogens is 4. The minimum absolute atomic E-state index is 0.00743. The summed E-state index contributed by atoms with van der Waals surface area (Å²) in [5, 5.41) is 6.42. The minimum atomic E-state index is -4.29. The number of amides is 1. The maximum absolute atomic E-state index is 11.0. The van der Waals surface area contributed by atoms with Gasteiger partial charge in [-0.05, 0) is 32.4 Å². The normalized spacial score (nSPS) is 11.0. The number of aromatic nitrogens is 4. The minimum Gasteiger partial charge on any atom is -0.365 e. The Morgan fingerprint density at radius 3 is 2.47 bits per heavy atom. The first-order valence-corrected chi connectivity index (χ1v) is 10.4. The molecule has 0 aliphatic heterocycles. The summed E-state index contributed by atoms with van der Waals surface area (Å²) in [4.78, 5) is 25.6. The molecule has 0 saturated carbocycles. The Kier molecular flexibility index (Phi) is 10.4. The first-order valence-electron chi connectivity index (χ1n) is 10.0. The zero-order valence-corrected chi connectivity index (χ0v) is 19.4. The Morgan fingerprint density at radius 2 is 1.91 bits per heavy atom. The summed E-state index contributed by atoms with van der Waals surface area (Å²) in [5.41, 5.74) is 1.65. The van der Waals surface area contributed by atoms with Crippen LogP contribution in [0.25, 0.3) is 22.4 Å². The summed E-state index contributed by atoms with van der Waals surface area (Å²) in [6.45, 7) is 9.17. The van der Waals surface area contributed by atoms with Gasteiger partial charge >= 0.3 is 6.18 Å². The summed E-state index contributed by atoms with van der Waals surface area (Å²) in [7, 11) is 0. The molecule has 3 N–H and O–H groups in total. The molecular formula is C21H28ClF3N6O. The molecule has 0 spiro atoms. The molecule has 32 heavy (non-hydrogen) atoms. The quantitative estimate of drug-likeness (QED) is 0.406. The van der Waals surface area contributed by atoms with Gasteiger partial charge in [-0.3, -0.25) is 4.79 Å². The van der Waals surface area contributed by atoms with E-state index in [1.165, 1.54) is 5.32 Å². The third kappa shape index (κ3) is 8.70. The Labute approximate surface area is 190 Å². The van der Waals surface area contributed by atoms with Crippen LogP contribution in [0.3, 0.4) is 0 Å². The van der Waals surface area contributed by atoms with Crippen molar-refractivity contribution in [2.45, 2.75) is 52.8 Å². The third-order valence-electron chi connectivity index (χ3n) is 4.13. The van der Waals surface area contributed by atoms with E-state index in [4.69, 9.17) is 11.6 Å². The largest absolute Gasteiger partial charge is 0.405 e. The van der Waals surface area contributed by atoms with Crippen molar-refractivity contribution in [3.8, 4) is 11.4 Å². The molecule has 0 bridgehead atoms. The van der Waals surface area contributed by atoms with Gasteiger partial charge in [-0.25, -0.2) is 15.0 Å². The fourth-order valence-electron chi connectivity index (χ4n) is 2.31. The molecule has 0 radical (unpaired) electrons. The number of anilines is 1. The van der Waals surface area contributed by atoms with Crippen LogP contribution >= 0.6 is 11.6 Å². The molecule has 176 valence electrons. The smallest absolute Gasteiger partial charge is 0.365 e. The summed E-state index contributed by atoms with van der Waals surface area (Å²) >= 11 is 6.04. The van der Waals surface area contributed by atoms with Crippen molar-refractivity contribution in [3.63, 3.8) is 0 Å². The van der Waals surface area contributed by atoms with Crippen LogP contribution in [0.1, 0.15) is 41.0 Å². The van der Waals surface area contributed by atoms with E-state index in [0.29, 0.717) is 10.8 Å². The van der Waals surface area contributed by atoms with Crippen LogP contribution in [0.15, 0.2) is 30.7 Å². The lowest BCUT2D eigenvalue weighted by Crippen LogP contribution is -2.30. The molecule has 0 fully saturated rings. The average molecular weight is 473 g/mol. The molecule has 3 rings (SSSR count). The maximum atomic E-state index is 11.0. The Balaban J connectivity index is 0.000000436. The van der Waals surface area contributed by atoms with Gasteiger partial charge in [0.05, 0.1) is 5.02 Å². The molecule has 0 aromatic carbocycles. The second kappa shape index (κ2) is 12.2.